The molecule has 25 heavy (non-hydrogen) atoms. The van der Waals surface area contributed by atoms with E-state index in [-0.39, 0.29) is 5.54 Å². The van der Waals surface area contributed by atoms with Gasteiger partial charge in [-0.2, -0.15) is 0 Å². The number of hydrogen-bond acceptors (Lipinski definition) is 5. The lowest BCUT2D eigenvalue weighted by atomic mass is 9.97. The van der Waals surface area contributed by atoms with Crippen LogP contribution in [0, 0.1) is 0 Å². The summed E-state index contributed by atoms with van der Waals surface area (Å²) in [6.45, 7) is 8.37. The van der Waals surface area contributed by atoms with Crippen LogP contribution in [-0.4, -0.2) is 49.3 Å². The third kappa shape index (κ3) is 4.04. The summed E-state index contributed by atoms with van der Waals surface area (Å²) in [6, 6.07) is 12.2. The van der Waals surface area contributed by atoms with Crippen LogP contribution in [0.15, 0.2) is 42.6 Å². The highest BCUT2D eigenvalue weighted by molar-refractivity contribution is 5.53. The molecule has 134 valence electrons. The molecule has 0 unspecified atom stereocenters. The van der Waals surface area contributed by atoms with E-state index in [0.717, 1.165) is 43.4 Å². The van der Waals surface area contributed by atoms with Gasteiger partial charge in [-0.25, -0.2) is 0 Å². The minimum absolute atomic E-state index is 0.0312. The Morgan fingerprint density at radius 1 is 1.04 bits per heavy atom. The number of aromatic nitrogens is 1. The third-order valence-corrected chi connectivity index (χ3v) is 4.76. The van der Waals surface area contributed by atoms with E-state index in [0.29, 0.717) is 0 Å². The highest BCUT2D eigenvalue weighted by Gasteiger charge is 2.34. The van der Waals surface area contributed by atoms with Gasteiger partial charge < -0.3 is 14.4 Å². The van der Waals surface area contributed by atoms with Crippen molar-refractivity contribution in [2.45, 2.75) is 25.9 Å². The van der Waals surface area contributed by atoms with Crippen LogP contribution in [0.2, 0.25) is 0 Å². The Labute approximate surface area is 150 Å². The van der Waals surface area contributed by atoms with Crippen LogP contribution >= 0.6 is 0 Å². The molecule has 2 heterocycles. The molecule has 1 fully saturated rings. The lowest BCUT2D eigenvalue weighted by Gasteiger charge is -2.48. The fourth-order valence-corrected chi connectivity index (χ4v) is 3.55. The van der Waals surface area contributed by atoms with Gasteiger partial charge in [0.15, 0.2) is 0 Å². The predicted molar refractivity (Wildman–Crippen MR) is 100 cm³/mol. The molecule has 0 atom stereocenters. The molecule has 2 aromatic rings. The van der Waals surface area contributed by atoms with Gasteiger partial charge in [-0.3, -0.25) is 9.88 Å². The fraction of sp³-hybridized carbons (Fsp3) is 0.450. The molecule has 1 aromatic heterocycles. The van der Waals surface area contributed by atoms with Crippen LogP contribution in [0.1, 0.15) is 19.5 Å². The molecule has 0 spiro atoms. The predicted octanol–water partition coefficient (Wildman–Crippen LogP) is 3.20. The Balaban J connectivity index is 1.71. The smallest absolute Gasteiger partial charge is 0.122 e. The van der Waals surface area contributed by atoms with E-state index < -0.39 is 0 Å². The zero-order valence-electron chi connectivity index (χ0n) is 15.5. The Morgan fingerprint density at radius 3 is 2.52 bits per heavy atom. The van der Waals surface area contributed by atoms with Gasteiger partial charge in [-0.15, -0.1) is 0 Å². The maximum absolute atomic E-state index is 5.38. The van der Waals surface area contributed by atoms with Crippen molar-refractivity contribution in [3.63, 3.8) is 0 Å². The molecule has 0 aliphatic carbocycles. The Bertz CT molecular complexity index is 718. The van der Waals surface area contributed by atoms with Crippen LogP contribution in [0.3, 0.4) is 0 Å². The maximum atomic E-state index is 5.38. The number of benzene rings is 1. The topological polar surface area (TPSA) is 37.8 Å². The second-order valence-corrected chi connectivity index (χ2v) is 7.06. The highest BCUT2D eigenvalue weighted by atomic mass is 16.5. The monoisotopic (exact) mass is 341 g/mol. The van der Waals surface area contributed by atoms with Crippen molar-refractivity contribution in [3.05, 3.63) is 48.3 Å². The van der Waals surface area contributed by atoms with Crippen LogP contribution in [-0.2, 0) is 6.54 Å². The van der Waals surface area contributed by atoms with Gasteiger partial charge in [0.05, 0.1) is 19.9 Å². The van der Waals surface area contributed by atoms with Gasteiger partial charge in [-0.1, -0.05) is 6.07 Å². The highest BCUT2D eigenvalue weighted by Crippen LogP contribution is 2.30. The second-order valence-electron chi connectivity index (χ2n) is 7.06. The van der Waals surface area contributed by atoms with E-state index in [1.165, 1.54) is 5.69 Å². The molecular weight excluding hydrogens is 314 g/mol. The van der Waals surface area contributed by atoms with E-state index >= 15 is 0 Å². The summed E-state index contributed by atoms with van der Waals surface area (Å²) in [6.07, 6.45) is 1.81. The molecule has 0 saturated carbocycles. The first-order valence-corrected chi connectivity index (χ1v) is 8.65. The molecule has 0 amide bonds. The first-order chi connectivity index (χ1) is 12.0. The summed E-state index contributed by atoms with van der Waals surface area (Å²) in [5, 5.41) is 0. The minimum Gasteiger partial charge on any atom is -0.497 e. The number of rotatable bonds is 5. The Morgan fingerprint density at radius 2 is 1.80 bits per heavy atom. The average Bonchev–Trinajstić information content (AvgIpc) is 2.61. The van der Waals surface area contributed by atoms with Gasteiger partial charge in [0.25, 0.3) is 0 Å². The Hall–Kier alpha value is -2.27. The molecule has 0 bridgehead atoms. The SMILES string of the molecule is COc1cccc(N2CCN(Cc3cc(OC)ccn3)CC2(C)C)c1. The van der Waals surface area contributed by atoms with E-state index in [9.17, 15) is 0 Å². The van der Waals surface area contributed by atoms with Crippen molar-refractivity contribution in [1.29, 1.82) is 0 Å². The van der Waals surface area contributed by atoms with Crippen LogP contribution in [0.4, 0.5) is 5.69 Å². The van der Waals surface area contributed by atoms with Crippen LogP contribution < -0.4 is 14.4 Å². The van der Waals surface area contributed by atoms with Gasteiger partial charge in [0.2, 0.25) is 0 Å². The van der Waals surface area contributed by atoms with Gasteiger partial charge in [0, 0.05) is 55.7 Å². The van der Waals surface area contributed by atoms with E-state index in [4.69, 9.17) is 9.47 Å². The summed E-state index contributed by atoms with van der Waals surface area (Å²) < 4.78 is 10.7. The molecule has 0 radical (unpaired) electrons. The number of hydrogen-bond donors (Lipinski definition) is 0. The summed E-state index contributed by atoms with van der Waals surface area (Å²) in [5.41, 5.74) is 2.29. The number of nitrogens with zero attached hydrogens (tertiary/aromatic N) is 3. The molecule has 1 aromatic carbocycles. The van der Waals surface area contributed by atoms with Crippen molar-refractivity contribution >= 4 is 5.69 Å². The average molecular weight is 341 g/mol. The molecular formula is C20H27N3O2. The summed E-state index contributed by atoms with van der Waals surface area (Å²) in [4.78, 5) is 9.40. The molecule has 1 aliphatic rings. The standard InChI is InChI=1S/C20H27N3O2/c1-20(2)15-22(14-16-12-19(25-4)8-9-21-16)10-11-23(20)17-6-5-7-18(13-17)24-3/h5-9,12-13H,10-11,14-15H2,1-4H3. The quantitative estimate of drug-likeness (QED) is 0.835. The van der Waals surface area contributed by atoms with Gasteiger partial charge in [0.1, 0.15) is 11.5 Å². The van der Waals surface area contributed by atoms with Crippen molar-refractivity contribution < 1.29 is 9.47 Å². The molecule has 3 rings (SSSR count). The number of anilines is 1. The van der Waals surface area contributed by atoms with Crippen LogP contribution in [0.25, 0.3) is 0 Å². The van der Waals surface area contributed by atoms with Gasteiger partial charge in [-0.05, 0) is 32.0 Å². The van der Waals surface area contributed by atoms with E-state index in [1.54, 1.807) is 14.2 Å². The lowest BCUT2D eigenvalue weighted by molar-refractivity contribution is 0.174. The number of piperazine rings is 1. The van der Waals surface area contributed by atoms with Crippen molar-refractivity contribution in [3.8, 4) is 11.5 Å². The second kappa shape index (κ2) is 7.31. The summed E-state index contributed by atoms with van der Waals surface area (Å²) in [7, 11) is 3.40. The zero-order valence-corrected chi connectivity index (χ0v) is 15.5. The largest absolute Gasteiger partial charge is 0.497 e. The molecule has 1 aliphatic heterocycles. The number of ether oxygens (including phenoxy) is 2. The minimum atomic E-state index is 0.0312. The summed E-state index contributed by atoms with van der Waals surface area (Å²) in [5.74, 6) is 1.76. The van der Waals surface area contributed by atoms with E-state index in [2.05, 4.69) is 46.8 Å². The van der Waals surface area contributed by atoms with Crippen molar-refractivity contribution in [2.75, 3.05) is 38.8 Å². The van der Waals surface area contributed by atoms with E-state index in [1.807, 2.05) is 24.4 Å². The maximum Gasteiger partial charge on any atom is 0.122 e. The number of methoxy groups -OCH3 is 2. The lowest BCUT2D eigenvalue weighted by Crippen LogP contribution is -2.59. The number of pyridine rings is 1. The van der Waals surface area contributed by atoms with Crippen LogP contribution in [0.5, 0.6) is 11.5 Å². The van der Waals surface area contributed by atoms with Crippen molar-refractivity contribution in [2.24, 2.45) is 0 Å². The first kappa shape index (κ1) is 17.5. The zero-order chi connectivity index (χ0) is 17.9. The molecule has 1 saturated heterocycles. The first-order valence-electron chi connectivity index (χ1n) is 8.65. The molecule has 5 nitrogen and oxygen atoms in total. The Kier molecular flexibility index (Phi) is 5.13. The van der Waals surface area contributed by atoms with Crippen molar-refractivity contribution in [1.82, 2.24) is 9.88 Å². The molecule has 0 N–H and O–H groups in total. The van der Waals surface area contributed by atoms with Gasteiger partial charge >= 0.3 is 0 Å². The summed E-state index contributed by atoms with van der Waals surface area (Å²) >= 11 is 0. The fourth-order valence-electron chi connectivity index (χ4n) is 3.55. The normalized spacial score (nSPS) is 17.4. The third-order valence-electron chi connectivity index (χ3n) is 4.76. The molecule has 5 heteroatoms.